The van der Waals surface area contributed by atoms with Gasteiger partial charge in [0.05, 0.1) is 11.8 Å². The molecule has 0 spiro atoms. The maximum atomic E-state index is 11.7. The minimum Gasteiger partial charge on any atom is -0.472 e. The first-order valence-electron chi connectivity index (χ1n) is 3.57. The highest BCUT2D eigenvalue weighted by Crippen LogP contribution is 2.24. The van der Waals surface area contributed by atoms with Crippen LogP contribution in [0.2, 0.25) is 0 Å². The van der Waals surface area contributed by atoms with E-state index in [1.807, 2.05) is 10.8 Å². The van der Waals surface area contributed by atoms with Crippen LogP contribution < -0.4 is 0 Å². The Kier molecular flexibility index (Phi) is 2.33. The average molecular weight is 257 g/mol. The molecular formula is C9H5BrO2S. The smallest absolute Gasteiger partial charge is 0.198 e. The van der Waals surface area contributed by atoms with Gasteiger partial charge in [-0.15, -0.1) is 0 Å². The Morgan fingerprint density at radius 2 is 2.31 bits per heavy atom. The van der Waals surface area contributed by atoms with E-state index in [2.05, 4.69) is 15.9 Å². The van der Waals surface area contributed by atoms with Crippen LogP contribution in [0.3, 0.4) is 0 Å². The molecule has 0 aliphatic heterocycles. The van der Waals surface area contributed by atoms with Gasteiger partial charge >= 0.3 is 0 Å². The maximum Gasteiger partial charge on any atom is 0.198 e. The fourth-order valence-corrected chi connectivity index (χ4v) is 2.45. The van der Waals surface area contributed by atoms with Crippen molar-refractivity contribution in [3.05, 3.63) is 45.0 Å². The molecule has 0 aliphatic rings. The molecule has 0 N–H and O–H groups in total. The minimum atomic E-state index is -0.0122. The van der Waals surface area contributed by atoms with Crippen molar-refractivity contribution in [2.45, 2.75) is 0 Å². The predicted octanol–water partition coefficient (Wildman–Crippen LogP) is 3.33. The van der Waals surface area contributed by atoms with Gasteiger partial charge in [0.15, 0.2) is 5.78 Å². The van der Waals surface area contributed by atoms with Crippen LogP contribution in [0.5, 0.6) is 0 Å². The van der Waals surface area contributed by atoms with Crippen molar-refractivity contribution in [3.8, 4) is 0 Å². The third kappa shape index (κ3) is 1.59. The van der Waals surface area contributed by atoms with Crippen molar-refractivity contribution in [1.82, 2.24) is 0 Å². The highest BCUT2D eigenvalue weighted by atomic mass is 79.9. The maximum absolute atomic E-state index is 11.7. The number of halogens is 1. The van der Waals surface area contributed by atoms with E-state index in [0.717, 1.165) is 4.47 Å². The molecule has 0 saturated heterocycles. The third-order valence-corrected chi connectivity index (χ3v) is 3.35. The standard InChI is InChI=1S/C9H5BrO2S/c10-8-5-13-4-7(8)9(11)6-1-2-12-3-6/h1-5H. The molecule has 13 heavy (non-hydrogen) atoms. The van der Waals surface area contributed by atoms with Crippen LogP contribution in [-0.4, -0.2) is 5.78 Å². The van der Waals surface area contributed by atoms with Crippen LogP contribution >= 0.6 is 27.3 Å². The number of hydrogen-bond donors (Lipinski definition) is 0. The van der Waals surface area contributed by atoms with Gasteiger partial charge < -0.3 is 4.42 Å². The molecule has 0 amide bonds. The Morgan fingerprint density at radius 1 is 1.46 bits per heavy atom. The topological polar surface area (TPSA) is 30.2 Å². The first-order chi connectivity index (χ1) is 6.29. The Labute approximate surface area is 87.3 Å². The number of rotatable bonds is 2. The monoisotopic (exact) mass is 256 g/mol. The lowest BCUT2D eigenvalue weighted by Gasteiger charge is -1.93. The first kappa shape index (κ1) is 8.72. The van der Waals surface area contributed by atoms with Gasteiger partial charge in [0.1, 0.15) is 6.26 Å². The molecule has 0 atom stereocenters. The molecule has 0 fully saturated rings. The van der Waals surface area contributed by atoms with Crippen molar-refractivity contribution in [2.75, 3.05) is 0 Å². The number of ketones is 1. The first-order valence-corrected chi connectivity index (χ1v) is 5.31. The van der Waals surface area contributed by atoms with Gasteiger partial charge in [0, 0.05) is 20.8 Å². The van der Waals surface area contributed by atoms with Gasteiger partial charge in [-0.25, -0.2) is 0 Å². The molecule has 4 heteroatoms. The summed E-state index contributed by atoms with van der Waals surface area (Å²) in [7, 11) is 0. The summed E-state index contributed by atoms with van der Waals surface area (Å²) in [5, 5.41) is 3.70. The van der Waals surface area contributed by atoms with Crippen LogP contribution in [0, 0.1) is 0 Å². The fourth-order valence-electron chi connectivity index (χ4n) is 0.993. The van der Waals surface area contributed by atoms with E-state index in [9.17, 15) is 4.79 Å². The molecule has 0 radical (unpaired) electrons. The molecule has 2 aromatic rings. The number of thiophene rings is 1. The molecule has 0 unspecified atom stereocenters. The predicted molar refractivity (Wildman–Crippen MR) is 54.2 cm³/mol. The van der Waals surface area contributed by atoms with E-state index >= 15 is 0 Å². The Hall–Kier alpha value is -0.870. The van der Waals surface area contributed by atoms with Gasteiger partial charge in [-0.3, -0.25) is 4.79 Å². The van der Waals surface area contributed by atoms with Crippen molar-refractivity contribution in [1.29, 1.82) is 0 Å². The second-order valence-electron chi connectivity index (χ2n) is 2.47. The van der Waals surface area contributed by atoms with Crippen molar-refractivity contribution in [3.63, 3.8) is 0 Å². The molecule has 2 heterocycles. The summed E-state index contributed by atoms with van der Waals surface area (Å²) in [5.41, 5.74) is 1.27. The molecule has 0 aliphatic carbocycles. The second-order valence-corrected chi connectivity index (χ2v) is 4.07. The molecule has 0 saturated carbocycles. The van der Waals surface area contributed by atoms with E-state index in [1.165, 1.54) is 23.9 Å². The third-order valence-electron chi connectivity index (χ3n) is 1.64. The van der Waals surface area contributed by atoms with Crippen LogP contribution in [0.15, 0.2) is 38.2 Å². The van der Waals surface area contributed by atoms with E-state index in [-0.39, 0.29) is 5.78 Å². The quantitative estimate of drug-likeness (QED) is 0.772. The lowest BCUT2D eigenvalue weighted by Crippen LogP contribution is -1.97. The van der Waals surface area contributed by atoms with Gasteiger partial charge in [-0.05, 0) is 22.0 Å². The van der Waals surface area contributed by atoms with E-state index in [4.69, 9.17) is 4.42 Å². The summed E-state index contributed by atoms with van der Waals surface area (Å²) in [6, 6.07) is 1.66. The SMILES string of the molecule is O=C(c1ccoc1)c1cscc1Br. The fraction of sp³-hybridized carbons (Fsp3) is 0. The molecule has 66 valence electrons. The number of carbonyl (C=O) groups excluding carboxylic acids is 1. The lowest BCUT2D eigenvalue weighted by atomic mass is 10.1. The summed E-state index contributed by atoms with van der Waals surface area (Å²) < 4.78 is 5.68. The molecule has 2 rings (SSSR count). The molecular weight excluding hydrogens is 252 g/mol. The molecule has 0 aromatic carbocycles. The van der Waals surface area contributed by atoms with Crippen molar-refractivity contribution < 1.29 is 9.21 Å². The summed E-state index contributed by atoms with van der Waals surface area (Å²) in [4.78, 5) is 11.7. The molecule has 2 aromatic heterocycles. The van der Waals surface area contributed by atoms with Crippen molar-refractivity contribution in [2.24, 2.45) is 0 Å². The largest absolute Gasteiger partial charge is 0.472 e. The summed E-state index contributed by atoms with van der Waals surface area (Å²) >= 11 is 4.80. The summed E-state index contributed by atoms with van der Waals surface area (Å²) in [6.07, 6.45) is 2.94. The highest BCUT2D eigenvalue weighted by molar-refractivity contribution is 9.10. The average Bonchev–Trinajstić information content (AvgIpc) is 2.72. The van der Waals surface area contributed by atoms with Gasteiger partial charge in [-0.1, -0.05) is 0 Å². The van der Waals surface area contributed by atoms with Gasteiger partial charge in [-0.2, -0.15) is 11.3 Å². The zero-order valence-corrected chi connectivity index (χ0v) is 8.89. The zero-order valence-electron chi connectivity index (χ0n) is 6.49. The summed E-state index contributed by atoms with van der Waals surface area (Å²) in [6.45, 7) is 0. The van der Waals surface area contributed by atoms with Crippen LogP contribution in [0.1, 0.15) is 15.9 Å². The zero-order chi connectivity index (χ0) is 9.26. The minimum absolute atomic E-state index is 0.0122. The summed E-state index contributed by atoms with van der Waals surface area (Å²) in [5.74, 6) is -0.0122. The van der Waals surface area contributed by atoms with Crippen molar-refractivity contribution >= 4 is 33.0 Å². The number of furan rings is 1. The highest BCUT2D eigenvalue weighted by Gasteiger charge is 2.13. The van der Waals surface area contributed by atoms with E-state index in [0.29, 0.717) is 11.1 Å². The Bertz CT molecular complexity index is 417. The number of hydrogen-bond acceptors (Lipinski definition) is 3. The van der Waals surface area contributed by atoms with Crippen LogP contribution in [0.25, 0.3) is 0 Å². The van der Waals surface area contributed by atoms with Gasteiger partial charge in [0.25, 0.3) is 0 Å². The number of carbonyl (C=O) groups is 1. The second kappa shape index (κ2) is 3.47. The van der Waals surface area contributed by atoms with E-state index in [1.54, 1.807) is 6.07 Å². The molecule has 2 nitrogen and oxygen atoms in total. The van der Waals surface area contributed by atoms with E-state index < -0.39 is 0 Å². The normalized spacial score (nSPS) is 10.2. The Morgan fingerprint density at radius 3 is 2.85 bits per heavy atom. The van der Waals surface area contributed by atoms with Crippen LogP contribution in [-0.2, 0) is 0 Å². The van der Waals surface area contributed by atoms with Crippen LogP contribution in [0.4, 0.5) is 0 Å². The lowest BCUT2D eigenvalue weighted by molar-refractivity contribution is 0.103. The Balaban J connectivity index is 2.39. The molecule has 0 bridgehead atoms. The van der Waals surface area contributed by atoms with Gasteiger partial charge in [0.2, 0.25) is 0 Å².